The van der Waals surface area contributed by atoms with Crippen molar-refractivity contribution in [1.82, 2.24) is 19.9 Å². The third-order valence-electron chi connectivity index (χ3n) is 27.8. The van der Waals surface area contributed by atoms with Crippen LogP contribution < -0.4 is 0 Å². The van der Waals surface area contributed by atoms with Crippen LogP contribution in [-0.2, 0) is 10.8 Å². The van der Waals surface area contributed by atoms with Gasteiger partial charge in [-0.15, -0.1) is 0 Å². The van der Waals surface area contributed by atoms with Crippen LogP contribution in [0.15, 0.2) is 510 Å². The fraction of sp³-hybridized carbons (Fsp3) is 0.0154. The fourth-order valence-electron chi connectivity index (χ4n) is 21.8. The van der Waals surface area contributed by atoms with Gasteiger partial charge in [0.15, 0.2) is 11.6 Å². The zero-order valence-electron chi connectivity index (χ0n) is 73.3. The normalized spacial score (nSPS) is 12.6. The smallest absolute Gasteiger partial charge is 0.160 e. The van der Waals surface area contributed by atoms with E-state index in [1.165, 1.54) is 111 Å². The van der Waals surface area contributed by atoms with Gasteiger partial charge in [-0.2, -0.15) is 0 Å². The molecule has 26 rings (SSSR count). The lowest BCUT2D eigenvalue weighted by Crippen LogP contribution is -2.29. The number of rotatable bonds is 12. The molecule has 4 heteroatoms. The van der Waals surface area contributed by atoms with Crippen molar-refractivity contribution in [3.63, 3.8) is 0 Å². The van der Waals surface area contributed by atoms with Crippen LogP contribution in [0.4, 0.5) is 0 Å². The second-order valence-electron chi connectivity index (χ2n) is 35.3. The van der Waals surface area contributed by atoms with E-state index in [1.807, 2.05) is 6.07 Å². The van der Waals surface area contributed by atoms with Gasteiger partial charge in [-0.1, -0.05) is 431 Å². The van der Waals surface area contributed by atoms with Crippen LogP contribution in [0, 0.1) is 0 Å². The Kier molecular flexibility index (Phi) is 19.4. The second kappa shape index (κ2) is 32.9. The van der Waals surface area contributed by atoms with E-state index >= 15 is 0 Å². The largest absolute Gasteiger partial charge is 0.228 e. The van der Waals surface area contributed by atoms with E-state index in [9.17, 15) is 0 Å². The minimum absolute atomic E-state index is 0.533. The molecule has 2 heterocycles. The van der Waals surface area contributed by atoms with Gasteiger partial charge in [0.2, 0.25) is 0 Å². The number of hydrogen-bond donors (Lipinski definition) is 0. The van der Waals surface area contributed by atoms with E-state index in [1.54, 1.807) is 0 Å². The summed E-state index contributed by atoms with van der Waals surface area (Å²) in [5, 5.41) is 0. The van der Waals surface area contributed by atoms with E-state index < -0.39 is 10.8 Å². The first-order valence-corrected chi connectivity index (χ1v) is 46.1. The Morgan fingerprint density at radius 1 is 0.104 bits per heavy atom. The maximum Gasteiger partial charge on any atom is 0.160 e. The molecule has 0 fully saturated rings. The van der Waals surface area contributed by atoms with Crippen LogP contribution >= 0.6 is 0 Å². The summed E-state index contributed by atoms with van der Waals surface area (Å²) < 4.78 is 0. The lowest BCUT2D eigenvalue weighted by molar-refractivity contribution is 0.775. The molecule has 22 aromatic rings. The van der Waals surface area contributed by atoms with Crippen molar-refractivity contribution < 1.29 is 0 Å². The summed E-state index contributed by atoms with van der Waals surface area (Å²) in [6.07, 6.45) is 0. The minimum atomic E-state index is -0.581. The third kappa shape index (κ3) is 13.4. The molecule has 624 valence electrons. The Bertz CT molecular complexity index is 7880. The van der Waals surface area contributed by atoms with Gasteiger partial charge < -0.3 is 0 Å². The first-order chi connectivity index (χ1) is 66.4. The zero-order valence-corrected chi connectivity index (χ0v) is 73.3. The summed E-state index contributed by atoms with van der Waals surface area (Å²) in [6, 6.07) is 185. The van der Waals surface area contributed by atoms with Crippen molar-refractivity contribution in [1.29, 1.82) is 0 Å². The van der Waals surface area contributed by atoms with Crippen LogP contribution in [-0.4, -0.2) is 19.9 Å². The van der Waals surface area contributed by atoms with Crippen molar-refractivity contribution in [2.45, 2.75) is 10.8 Å². The molecular weight excluding hydrogens is 1620 g/mol. The van der Waals surface area contributed by atoms with Gasteiger partial charge >= 0.3 is 0 Å². The molecule has 4 aliphatic carbocycles. The summed E-state index contributed by atoms with van der Waals surface area (Å²) in [4.78, 5) is 21.9. The number of fused-ring (bicyclic) bond motifs is 24. The van der Waals surface area contributed by atoms with Crippen molar-refractivity contribution in [3.05, 3.63) is 554 Å². The van der Waals surface area contributed by atoms with E-state index in [0.717, 1.165) is 123 Å². The van der Waals surface area contributed by atoms with Crippen LogP contribution in [0.25, 0.3) is 201 Å². The van der Waals surface area contributed by atoms with Crippen LogP contribution in [0.2, 0.25) is 0 Å². The highest BCUT2D eigenvalue weighted by Gasteiger charge is 2.52. The zero-order chi connectivity index (χ0) is 88.6. The van der Waals surface area contributed by atoms with Gasteiger partial charge in [0, 0.05) is 33.4 Å². The highest BCUT2D eigenvalue weighted by molar-refractivity contribution is 6.01. The van der Waals surface area contributed by atoms with E-state index in [-0.39, 0.29) is 0 Å². The molecule has 134 heavy (non-hydrogen) atoms. The Balaban J connectivity index is 0.000000146. The van der Waals surface area contributed by atoms with Gasteiger partial charge in [-0.3, -0.25) is 0 Å². The molecule has 4 nitrogen and oxygen atoms in total. The maximum absolute atomic E-state index is 5.62. The first kappa shape index (κ1) is 78.8. The Labute approximate surface area is 780 Å². The lowest BCUT2D eigenvalue weighted by Gasteiger charge is -2.35. The Morgan fingerprint density at radius 3 is 0.545 bits per heavy atom. The fourth-order valence-corrected chi connectivity index (χ4v) is 21.8. The van der Waals surface area contributed by atoms with Gasteiger partial charge in [-0.05, 0) is 257 Å². The molecule has 0 bridgehead atoms. The molecule has 0 saturated carbocycles. The van der Waals surface area contributed by atoms with Crippen molar-refractivity contribution >= 4 is 0 Å². The van der Waals surface area contributed by atoms with Crippen molar-refractivity contribution in [3.8, 4) is 201 Å². The number of aromatic nitrogens is 4. The average molecular weight is 1700 g/mol. The van der Waals surface area contributed by atoms with Crippen LogP contribution in [0.1, 0.15) is 44.5 Å². The van der Waals surface area contributed by atoms with E-state index in [2.05, 4.69) is 504 Å². The molecule has 20 aromatic carbocycles. The molecule has 2 aromatic heterocycles. The SMILES string of the molecule is c1ccc(-c2cc(-c3ccccc3)cc(-c3cc(-c4cc(-c5ccccc5)cc(-c5ccccc5)c4)nc(-c4ccc5c(c4)-c4ccccc4C54c5ccccc5-c5ccccc5-c5ccccc54)n3)c2)cc1.c1ccc(-c2cc(-c3ccccc3)cc(-c3cc(-c4ccc5c(c4)-c4ccccc4C54c5ccccc5-c5ccccc5-c5ccccc54)nc(-c4ccccc4)n3)c2)cc1. The van der Waals surface area contributed by atoms with Crippen molar-refractivity contribution in [2.24, 2.45) is 0 Å². The molecule has 0 unspecified atom stereocenters. The summed E-state index contributed by atoms with van der Waals surface area (Å²) >= 11 is 0. The second-order valence-corrected chi connectivity index (χ2v) is 35.3. The molecule has 0 saturated heterocycles. The highest BCUT2D eigenvalue weighted by Crippen LogP contribution is 2.64. The van der Waals surface area contributed by atoms with Gasteiger partial charge in [0.25, 0.3) is 0 Å². The number of hydrogen-bond acceptors (Lipinski definition) is 4. The summed E-state index contributed by atoms with van der Waals surface area (Å²) in [7, 11) is 0. The highest BCUT2D eigenvalue weighted by atomic mass is 14.9. The van der Waals surface area contributed by atoms with Crippen LogP contribution in [0.3, 0.4) is 0 Å². The molecule has 0 amide bonds. The van der Waals surface area contributed by atoms with Gasteiger partial charge in [0.1, 0.15) is 0 Å². The summed E-state index contributed by atoms with van der Waals surface area (Å²) in [5.74, 6) is 1.36. The molecule has 0 atom stereocenters. The predicted molar refractivity (Wildman–Crippen MR) is 553 cm³/mol. The predicted octanol–water partition coefficient (Wildman–Crippen LogP) is 33.0. The monoisotopic (exact) mass is 1700 g/mol. The van der Waals surface area contributed by atoms with Gasteiger partial charge in [0.05, 0.1) is 33.6 Å². The first-order valence-electron chi connectivity index (χ1n) is 46.1. The number of nitrogens with zero attached hydrogens (tertiary/aromatic N) is 4. The number of benzene rings is 20. The third-order valence-corrected chi connectivity index (χ3v) is 27.8. The van der Waals surface area contributed by atoms with E-state index in [0.29, 0.717) is 11.6 Å². The topological polar surface area (TPSA) is 51.6 Å². The van der Waals surface area contributed by atoms with Crippen molar-refractivity contribution in [2.75, 3.05) is 0 Å². The Hall–Kier alpha value is -17.4. The van der Waals surface area contributed by atoms with E-state index in [4.69, 9.17) is 19.9 Å². The molecule has 0 aliphatic heterocycles. The van der Waals surface area contributed by atoms with Crippen LogP contribution in [0.5, 0.6) is 0 Å². The Morgan fingerprint density at radius 2 is 0.284 bits per heavy atom. The molecule has 0 N–H and O–H groups in total. The molecular formula is C130H84N4. The summed E-state index contributed by atoms with van der Waals surface area (Å²) in [5.41, 5.74) is 47.3. The molecule has 0 radical (unpaired) electrons. The minimum Gasteiger partial charge on any atom is -0.228 e. The quantitative estimate of drug-likeness (QED) is 0.122. The standard InChI is InChI=1S/C71H46N2.C59H38N2/c1-5-21-47(22-6-1)52-39-53(48-23-7-2-8-24-48)42-56(41-52)68-46-69(57-43-54(49-25-9-3-10-26-49)40-55(44-57)50-27-11-4-12-28-50)73-70(72-68)51-37-38-67-63(45-51)62-33-17-20-36-66(62)71(67)64-34-18-15-31-60(64)58-29-13-14-30-59(58)61-32-16-19-35-65(61)71;1-4-18-39(19-5-1)43-34-44(40-20-6-2-7-21-40)36-45(35-43)57-38-56(60-58(61-57)41-22-8-3-9-23-41)42-32-33-55-51(37-42)50-28-14-17-31-54(50)59(55)52-29-15-12-26-48(52)46-24-10-11-25-47(46)49-27-13-16-30-53(49)59/h1-46H;1-38H. The summed E-state index contributed by atoms with van der Waals surface area (Å²) in [6.45, 7) is 0. The lowest BCUT2D eigenvalue weighted by atomic mass is 9.66. The average Bonchev–Trinajstić information content (AvgIpc) is 1.52. The van der Waals surface area contributed by atoms with Gasteiger partial charge in [-0.25, -0.2) is 19.9 Å². The maximum atomic E-state index is 5.62. The molecule has 4 aliphatic rings. The molecule has 2 spiro atoms.